The summed E-state index contributed by atoms with van der Waals surface area (Å²) in [6, 6.07) is 12.4. The smallest absolute Gasteiger partial charge is 0.264 e. The van der Waals surface area contributed by atoms with Gasteiger partial charge in [-0.05, 0) is 74.2 Å². The Bertz CT molecular complexity index is 1740. The number of hydrogen-bond acceptors (Lipinski definition) is 7. The molecule has 208 valence electrons. The van der Waals surface area contributed by atoms with E-state index in [0.29, 0.717) is 53.4 Å². The molecule has 0 radical (unpaired) electrons. The number of aromatic nitrogens is 4. The van der Waals surface area contributed by atoms with Gasteiger partial charge in [-0.2, -0.15) is 5.10 Å². The van der Waals surface area contributed by atoms with E-state index in [9.17, 15) is 23.1 Å². The van der Waals surface area contributed by atoms with Gasteiger partial charge in [-0.25, -0.2) is 18.1 Å². The molecule has 2 aliphatic rings. The molecule has 3 heterocycles. The summed E-state index contributed by atoms with van der Waals surface area (Å²) in [5, 5.41) is 16.2. The van der Waals surface area contributed by atoms with Crippen molar-refractivity contribution in [2.24, 2.45) is 5.92 Å². The van der Waals surface area contributed by atoms with Gasteiger partial charge in [0.05, 0.1) is 28.9 Å². The van der Waals surface area contributed by atoms with Gasteiger partial charge in [-0.1, -0.05) is 11.6 Å². The van der Waals surface area contributed by atoms with E-state index >= 15 is 0 Å². The molecule has 11 nitrogen and oxygen atoms in total. The predicted octanol–water partition coefficient (Wildman–Crippen LogP) is 2.80. The first kappa shape index (κ1) is 26.5. The first-order valence-corrected chi connectivity index (χ1v) is 14.8. The highest BCUT2D eigenvalue weighted by Gasteiger charge is 2.39. The Hall–Kier alpha value is -3.74. The van der Waals surface area contributed by atoms with Gasteiger partial charge in [0.2, 0.25) is 5.91 Å². The van der Waals surface area contributed by atoms with E-state index in [2.05, 4.69) is 14.8 Å². The van der Waals surface area contributed by atoms with Crippen molar-refractivity contribution in [2.45, 2.75) is 42.7 Å². The molecule has 0 atom stereocenters. The average molecular weight is 583 g/mol. The maximum absolute atomic E-state index is 13.2. The molecule has 2 aromatic carbocycles. The number of nitrogens with one attached hydrogen (secondary N) is 1. The number of rotatable bonds is 7. The van der Waals surface area contributed by atoms with Gasteiger partial charge >= 0.3 is 0 Å². The average Bonchev–Trinajstić information content (AvgIpc) is 3.70. The van der Waals surface area contributed by atoms with Crippen LogP contribution in [-0.4, -0.2) is 62.4 Å². The summed E-state index contributed by atoms with van der Waals surface area (Å²) in [6.07, 6.45) is 5.51. The number of halogens is 1. The van der Waals surface area contributed by atoms with Crippen molar-refractivity contribution in [3.05, 3.63) is 76.4 Å². The van der Waals surface area contributed by atoms with Crippen LogP contribution >= 0.6 is 11.6 Å². The number of anilines is 1. The summed E-state index contributed by atoms with van der Waals surface area (Å²) < 4.78 is 30.7. The van der Waals surface area contributed by atoms with E-state index in [1.807, 2.05) is 4.90 Å². The molecule has 2 aromatic heterocycles. The molecular weight excluding hydrogens is 556 g/mol. The number of amides is 1. The second-order valence-corrected chi connectivity index (χ2v) is 12.5. The highest BCUT2D eigenvalue weighted by molar-refractivity contribution is 7.92. The lowest BCUT2D eigenvalue weighted by Gasteiger charge is -2.38. The van der Waals surface area contributed by atoms with Crippen LogP contribution in [0, 0.1) is 5.92 Å². The van der Waals surface area contributed by atoms with Crippen molar-refractivity contribution in [1.82, 2.24) is 24.2 Å². The van der Waals surface area contributed by atoms with Crippen molar-refractivity contribution < 1.29 is 18.3 Å². The van der Waals surface area contributed by atoms with E-state index in [1.54, 1.807) is 24.3 Å². The summed E-state index contributed by atoms with van der Waals surface area (Å²) in [4.78, 5) is 31.9. The van der Waals surface area contributed by atoms with Crippen LogP contribution in [0.1, 0.15) is 25.7 Å². The van der Waals surface area contributed by atoms with E-state index in [-0.39, 0.29) is 28.8 Å². The zero-order valence-electron chi connectivity index (χ0n) is 21.4. The Labute approximate surface area is 235 Å². The summed E-state index contributed by atoms with van der Waals surface area (Å²) >= 11 is 5.85. The van der Waals surface area contributed by atoms with Crippen LogP contribution in [0.5, 0.6) is 0 Å². The Morgan fingerprint density at radius 2 is 1.75 bits per heavy atom. The van der Waals surface area contributed by atoms with Gasteiger partial charge in [0.1, 0.15) is 11.7 Å². The summed E-state index contributed by atoms with van der Waals surface area (Å²) in [5.74, 6) is 0.313. The van der Waals surface area contributed by atoms with Gasteiger partial charge in [0.25, 0.3) is 15.6 Å². The fraction of sp³-hybridized carbons (Fsp3) is 0.333. The van der Waals surface area contributed by atoms with Crippen molar-refractivity contribution in [1.29, 1.82) is 0 Å². The van der Waals surface area contributed by atoms with Crippen LogP contribution < -0.4 is 10.3 Å². The number of benzene rings is 2. The first-order valence-electron chi connectivity index (χ1n) is 13.0. The third kappa shape index (κ3) is 5.21. The number of fused-ring (bicyclic) bond motifs is 1. The standard InChI is InChI=1S/C27H27ClN6O5S/c28-19-3-9-22(10-4-19)40(38,39)31-20-5-7-21(8-6-20)34-24-23(15-30-34)26(36)33(17-29-24)16-27(37)11-13-32(14-12-27)25(35)18-1-2-18/h3-10,15,17-18,31,37H,1-2,11-14,16H2. The zero-order valence-corrected chi connectivity index (χ0v) is 23.0. The van der Waals surface area contributed by atoms with Gasteiger partial charge in [0.15, 0.2) is 5.65 Å². The van der Waals surface area contributed by atoms with Crippen molar-refractivity contribution >= 4 is 44.3 Å². The number of carbonyl (C=O) groups excluding carboxylic acids is 1. The van der Waals surface area contributed by atoms with Gasteiger partial charge < -0.3 is 10.0 Å². The van der Waals surface area contributed by atoms with Crippen LogP contribution in [0.15, 0.2) is 70.7 Å². The fourth-order valence-corrected chi connectivity index (χ4v) is 6.14. The van der Waals surface area contributed by atoms with Crippen LogP contribution in [-0.2, 0) is 21.4 Å². The minimum Gasteiger partial charge on any atom is -0.388 e. The van der Waals surface area contributed by atoms with Crippen LogP contribution in [0.4, 0.5) is 5.69 Å². The molecule has 13 heteroatoms. The summed E-state index contributed by atoms with van der Waals surface area (Å²) in [6.45, 7) is 1.02. The van der Waals surface area contributed by atoms with Crippen LogP contribution in [0.3, 0.4) is 0 Å². The molecule has 0 unspecified atom stereocenters. The molecule has 1 saturated carbocycles. The largest absolute Gasteiger partial charge is 0.388 e. The number of carbonyl (C=O) groups is 1. The van der Waals surface area contributed by atoms with E-state index in [1.165, 1.54) is 46.0 Å². The zero-order chi connectivity index (χ0) is 28.1. The molecule has 2 N–H and O–H groups in total. The minimum atomic E-state index is -3.79. The Morgan fingerprint density at radius 1 is 1.07 bits per heavy atom. The van der Waals surface area contributed by atoms with Crippen molar-refractivity contribution in [3.8, 4) is 5.69 Å². The normalized spacial score (nSPS) is 17.2. The van der Waals surface area contributed by atoms with E-state index in [0.717, 1.165) is 12.8 Å². The molecule has 6 rings (SSSR count). The SMILES string of the molecule is O=C(C1CC1)N1CCC(O)(Cn2cnc3c(cnn3-c3ccc(NS(=O)(=O)c4ccc(Cl)cc4)cc3)c2=O)CC1. The van der Waals surface area contributed by atoms with Gasteiger partial charge in [-0.3, -0.25) is 18.9 Å². The van der Waals surface area contributed by atoms with Crippen molar-refractivity contribution in [3.63, 3.8) is 0 Å². The highest BCUT2D eigenvalue weighted by atomic mass is 35.5. The number of sulfonamides is 1. The number of aliphatic hydroxyl groups is 1. The van der Waals surface area contributed by atoms with E-state index in [4.69, 9.17) is 11.6 Å². The lowest BCUT2D eigenvalue weighted by atomic mass is 9.91. The molecule has 40 heavy (non-hydrogen) atoms. The predicted molar refractivity (Wildman–Crippen MR) is 149 cm³/mol. The van der Waals surface area contributed by atoms with Crippen LogP contribution in [0.2, 0.25) is 5.02 Å². The Kier molecular flexibility index (Phi) is 6.64. The van der Waals surface area contributed by atoms with Crippen LogP contribution in [0.25, 0.3) is 16.7 Å². The Balaban J connectivity index is 1.17. The fourth-order valence-electron chi connectivity index (χ4n) is 4.96. The van der Waals surface area contributed by atoms with Gasteiger partial charge in [0, 0.05) is 29.7 Å². The monoisotopic (exact) mass is 582 g/mol. The molecule has 4 aromatic rings. The highest BCUT2D eigenvalue weighted by Crippen LogP contribution is 2.33. The molecule has 1 aliphatic carbocycles. The topological polar surface area (TPSA) is 139 Å². The second-order valence-electron chi connectivity index (χ2n) is 10.4. The summed E-state index contributed by atoms with van der Waals surface area (Å²) in [5.41, 5.74) is -0.157. The maximum Gasteiger partial charge on any atom is 0.264 e. The first-order chi connectivity index (χ1) is 19.1. The lowest BCUT2D eigenvalue weighted by molar-refractivity contribution is -0.137. The Morgan fingerprint density at radius 3 is 2.40 bits per heavy atom. The number of piperidine rings is 1. The van der Waals surface area contributed by atoms with Gasteiger partial charge in [-0.15, -0.1) is 0 Å². The number of hydrogen-bond donors (Lipinski definition) is 2. The third-order valence-corrected chi connectivity index (χ3v) is 9.09. The number of nitrogens with zero attached hydrogens (tertiary/aromatic N) is 5. The van der Waals surface area contributed by atoms with Crippen molar-refractivity contribution in [2.75, 3.05) is 17.8 Å². The lowest BCUT2D eigenvalue weighted by Crippen LogP contribution is -2.50. The maximum atomic E-state index is 13.2. The third-order valence-electron chi connectivity index (χ3n) is 7.44. The molecule has 2 fully saturated rings. The molecule has 1 amide bonds. The molecule has 0 spiro atoms. The quantitative estimate of drug-likeness (QED) is 0.341. The molecule has 1 aliphatic heterocycles. The second kappa shape index (κ2) is 10.0. The minimum absolute atomic E-state index is 0.0773. The summed E-state index contributed by atoms with van der Waals surface area (Å²) in [7, 11) is -3.79. The van der Waals surface area contributed by atoms with E-state index < -0.39 is 15.6 Å². The molecule has 1 saturated heterocycles. The molecular formula is C27H27ClN6O5S. The molecule has 0 bridgehead atoms. The number of likely N-dealkylation sites (tertiary alicyclic amines) is 1.